The number of fused-ring (bicyclic) bond motifs is 1. The Bertz CT molecular complexity index is 840. The topological polar surface area (TPSA) is 85.1 Å². The third-order valence-corrected chi connectivity index (χ3v) is 4.66. The van der Waals surface area contributed by atoms with Gasteiger partial charge in [-0.2, -0.15) is 0 Å². The van der Waals surface area contributed by atoms with Gasteiger partial charge in [-0.15, -0.1) is 21.5 Å². The van der Waals surface area contributed by atoms with Crippen LogP contribution in [0.5, 0.6) is 0 Å². The van der Waals surface area contributed by atoms with Gasteiger partial charge in [0.1, 0.15) is 5.82 Å². The van der Waals surface area contributed by atoms with Crippen molar-refractivity contribution < 1.29 is 4.79 Å². The Balaban J connectivity index is 1.70. The average molecular weight is 334 g/mol. The van der Waals surface area contributed by atoms with Gasteiger partial charge in [0.15, 0.2) is 15.9 Å². The van der Waals surface area contributed by atoms with Crippen molar-refractivity contribution in [2.24, 2.45) is 0 Å². The zero-order valence-electron chi connectivity index (χ0n) is 12.3. The second-order valence-corrected chi connectivity index (χ2v) is 6.55. The van der Waals surface area contributed by atoms with E-state index in [1.54, 1.807) is 0 Å². The third-order valence-electron chi connectivity index (χ3n) is 2.86. The van der Waals surface area contributed by atoms with Gasteiger partial charge in [-0.05, 0) is 20.8 Å². The molecule has 0 aliphatic heterocycles. The zero-order chi connectivity index (χ0) is 15.7. The van der Waals surface area contributed by atoms with Crippen molar-refractivity contribution in [2.75, 3.05) is 11.1 Å². The molecule has 0 aromatic carbocycles. The molecule has 9 heteroatoms. The molecule has 0 bridgehead atoms. The van der Waals surface area contributed by atoms with Crippen LogP contribution in [-0.4, -0.2) is 36.2 Å². The number of nitrogens with zero attached hydrogens (tertiary/aromatic N) is 5. The van der Waals surface area contributed by atoms with Gasteiger partial charge >= 0.3 is 0 Å². The molecular formula is C13H14N6OS2. The quantitative estimate of drug-likeness (QED) is 0.737. The van der Waals surface area contributed by atoms with Crippen molar-refractivity contribution in [2.45, 2.75) is 25.9 Å². The summed E-state index contributed by atoms with van der Waals surface area (Å²) in [7, 11) is 0. The fourth-order valence-corrected chi connectivity index (χ4v) is 3.48. The maximum absolute atomic E-state index is 12.0. The lowest BCUT2D eigenvalue weighted by Gasteiger charge is -2.04. The van der Waals surface area contributed by atoms with Crippen molar-refractivity contribution in [3.63, 3.8) is 0 Å². The largest absolute Gasteiger partial charge is 0.301 e. The molecule has 1 N–H and O–H groups in total. The minimum Gasteiger partial charge on any atom is -0.301 e. The van der Waals surface area contributed by atoms with Gasteiger partial charge in [0, 0.05) is 17.1 Å². The molecule has 0 saturated carbocycles. The van der Waals surface area contributed by atoms with E-state index < -0.39 is 0 Å². The lowest BCUT2D eigenvalue weighted by atomic mass is 10.4. The van der Waals surface area contributed by atoms with Crippen LogP contribution in [0.1, 0.15) is 17.2 Å². The average Bonchev–Trinajstić information content (AvgIpc) is 3.03. The molecule has 3 rings (SSSR count). The number of hydrogen-bond donors (Lipinski definition) is 1. The second kappa shape index (κ2) is 6.01. The molecule has 7 nitrogen and oxygen atoms in total. The molecule has 0 radical (unpaired) electrons. The van der Waals surface area contributed by atoms with Crippen molar-refractivity contribution in [3.8, 4) is 0 Å². The lowest BCUT2D eigenvalue weighted by molar-refractivity contribution is -0.113. The predicted octanol–water partition coefficient (Wildman–Crippen LogP) is 2.24. The lowest BCUT2D eigenvalue weighted by Crippen LogP contribution is -2.14. The summed E-state index contributed by atoms with van der Waals surface area (Å²) in [5.74, 6) is 0.930. The van der Waals surface area contributed by atoms with E-state index in [0.29, 0.717) is 10.3 Å². The van der Waals surface area contributed by atoms with Crippen LogP contribution in [0.25, 0.3) is 5.65 Å². The SMILES string of the molecule is Cc1csc(NC(=O)CSc2nnc3cc(C)nc(C)n23)n1. The number of aromatic nitrogens is 5. The van der Waals surface area contributed by atoms with Gasteiger partial charge < -0.3 is 5.32 Å². The van der Waals surface area contributed by atoms with Crippen LogP contribution in [0.3, 0.4) is 0 Å². The highest BCUT2D eigenvalue weighted by molar-refractivity contribution is 7.99. The number of anilines is 1. The molecule has 1 amide bonds. The van der Waals surface area contributed by atoms with Gasteiger partial charge in [-0.1, -0.05) is 11.8 Å². The first-order valence-corrected chi connectivity index (χ1v) is 8.43. The number of aryl methyl sites for hydroxylation is 3. The minimum absolute atomic E-state index is 0.117. The Morgan fingerprint density at radius 2 is 2.09 bits per heavy atom. The molecule has 0 aliphatic carbocycles. The van der Waals surface area contributed by atoms with Crippen molar-refractivity contribution in [3.05, 3.63) is 28.7 Å². The second-order valence-electron chi connectivity index (χ2n) is 4.75. The maximum atomic E-state index is 12.0. The van der Waals surface area contributed by atoms with E-state index in [-0.39, 0.29) is 11.7 Å². The standard InChI is InChI=1S/C13H14N6OS2/c1-7-4-10-17-18-13(19(10)9(3)14-7)22-6-11(20)16-12-15-8(2)5-21-12/h4-5H,6H2,1-3H3,(H,15,16,20). The van der Waals surface area contributed by atoms with Crippen LogP contribution in [0.4, 0.5) is 5.13 Å². The summed E-state index contributed by atoms with van der Waals surface area (Å²) in [6.45, 7) is 5.70. The predicted molar refractivity (Wildman–Crippen MR) is 86.5 cm³/mol. The number of amides is 1. The first kappa shape index (κ1) is 14.9. The number of thioether (sulfide) groups is 1. The molecule has 3 heterocycles. The fraction of sp³-hybridized carbons (Fsp3) is 0.308. The van der Waals surface area contributed by atoms with E-state index >= 15 is 0 Å². The maximum Gasteiger partial charge on any atom is 0.236 e. The van der Waals surface area contributed by atoms with Gasteiger partial charge in [0.2, 0.25) is 5.91 Å². The van der Waals surface area contributed by atoms with Gasteiger partial charge in [-0.25, -0.2) is 9.97 Å². The number of nitrogens with one attached hydrogen (secondary N) is 1. The number of carbonyl (C=O) groups excluding carboxylic acids is 1. The highest BCUT2D eigenvalue weighted by atomic mass is 32.2. The number of hydrogen-bond acceptors (Lipinski definition) is 7. The summed E-state index contributed by atoms with van der Waals surface area (Å²) in [6.07, 6.45) is 0. The Kier molecular flexibility index (Phi) is 4.08. The molecular weight excluding hydrogens is 320 g/mol. The highest BCUT2D eigenvalue weighted by Crippen LogP contribution is 2.20. The summed E-state index contributed by atoms with van der Waals surface area (Å²) < 4.78 is 1.85. The number of rotatable bonds is 4. The molecule has 22 heavy (non-hydrogen) atoms. The summed E-state index contributed by atoms with van der Waals surface area (Å²) in [5.41, 5.74) is 2.53. The Hall–Kier alpha value is -2.00. The first-order chi connectivity index (χ1) is 10.5. The normalized spacial score (nSPS) is 11.0. The summed E-state index contributed by atoms with van der Waals surface area (Å²) in [4.78, 5) is 20.6. The molecule has 114 valence electrons. The van der Waals surface area contributed by atoms with Crippen LogP contribution in [0, 0.1) is 20.8 Å². The molecule has 0 spiro atoms. The summed E-state index contributed by atoms with van der Waals surface area (Å²) in [5, 5.41) is 14.2. The third kappa shape index (κ3) is 3.09. The molecule has 0 unspecified atom stereocenters. The summed E-state index contributed by atoms with van der Waals surface area (Å²) >= 11 is 2.74. The van der Waals surface area contributed by atoms with Crippen molar-refractivity contribution >= 4 is 39.8 Å². The van der Waals surface area contributed by atoms with Gasteiger partial charge in [0.05, 0.1) is 11.4 Å². The Morgan fingerprint density at radius 3 is 2.82 bits per heavy atom. The van der Waals surface area contributed by atoms with E-state index in [0.717, 1.165) is 22.9 Å². The Morgan fingerprint density at radius 1 is 1.27 bits per heavy atom. The van der Waals surface area contributed by atoms with E-state index in [4.69, 9.17) is 0 Å². The monoisotopic (exact) mass is 334 g/mol. The molecule has 0 fully saturated rings. The van der Waals surface area contributed by atoms with Gasteiger partial charge in [-0.3, -0.25) is 9.20 Å². The number of carbonyl (C=O) groups is 1. The smallest absolute Gasteiger partial charge is 0.236 e. The van der Waals surface area contributed by atoms with Crippen LogP contribution < -0.4 is 5.32 Å². The van der Waals surface area contributed by atoms with Crippen LogP contribution in [0.15, 0.2) is 16.6 Å². The highest BCUT2D eigenvalue weighted by Gasteiger charge is 2.12. The fourth-order valence-electron chi connectivity index (χ4n) is 1.99. The van der Waals surface area contributed by atoms with Gasteiger partial charge in [0.25, 0.3) is 0 Å². The molecule has 3 aromatic heterocycles. The summed E-state index contributed by atoms with van der Waals surface area (Å²) in [6, 6.07) is 1.86. The van der Waals surface area contributed by atoms with Crippen LogP contribution in [-0.2, 0) is 4.79 Å². The van der Waals surface area contributed by atoms with Crippen molar-refractivity contribution in [1.82, 2.24) is 24.6 Å². The minimum atomic E-state index is -0.117. The number of thiazole rings is 1. The van der Waals surface area contributed by atoms with Crippen LogP contribution in [0.2, 0.25) is 0 Å². The molecule has 0 aliphatic rings. The first-order valence-electron chi connectivity index (χ1n) is 6.57. The van der Waals surface area contributed by atoms with E-state index in [1.165, 1.54) is 23.1 Å². The Labute approximate surface area is 135 Å². The molecule has 3 aromatic rings. The van der Waals surface area contributed by atoms with E-state index in [1.807, 2.05) is 36.6 Å². The van der Waals surface area contributed by atoms with E-state index in [2.05, 4.69) is 25.5 Å². The zero-order valence-corrected chi connectivity index (χ0v) is 14.0. The van der Waals surface area contributed by atoms with Crippen molar-refractivity contribution in [1.29, 1.82) is 0 Å². The molecule has 0 saturated heterocycles. The van der Waals surface area contributed by atoms with Crippen LogP contribution >= 0.6 is 23.1 Å². The molecule has 0 atom stereocenters. The van der Waals surface area contributed by atoms with E-state index in [9.17, 15) is 4.79 Å².